The maximum atomic E-state index is 12.8. The van der Waals surface area contributed by atoms with Crippen molar-refractivity contribution in [2.24, 2.45) is 0 Å². The molecule has 3 nitrogen and oxygen atoms in total. The van der Waals surface area contributed by atoms with Gasteiger partial charge in [-0.25, -0.2) is 8.78 Å². The lowest BCUT2D eigenvalue weighted by Crippen LogP contribution is -2.29. The standard InChI is InChI=1S/C12H13F5N2O/c1-2-18-10-7(11(20)19-6-9(13)14)4-3-5-8(10)12(15,16)17/h3-5,9,18H,2,6H2,1H3,(H,19,20). The van der Waals surface area contributed by atoms with E-state index in [0.29, 0.717) is 0 Å². The van der Waals surface area contributed by atoms with Gasteiger partial charge in [0.25, 0.3) is 12.3 Å². The zero-order valence-corrected chi connectivity index (χ0v) is 10.5. The SMILES string of the molecule is CCNc1c(C(=O)NCC(F)F)cccc1C(F)(F)F. The summed E-state index contributed by atoms with van der Waals surface area (Å²) in [6.07, 6.45) is -7.41. The molecule has 0 aliphatic carbocycles. The fourth-order valence-electron chi connectivity index (χ4n) is 1.61. The first kappa shape index (κ1) is 16.2. The van der Waals surface area contributed by atoms with Crippen LogP contribution in [0.5, 0.6) is 0 Å². The number of hydrogen-bond acceptors (Lipinski definition) is 2. The number of para-hydroxylation sites is 1. The molecule has 0 spiro atoms. The Kier molecular flexibility index (Phi) is 5.29. The molecule has 0 heterocycles. The van der Waals surface area contributed by atoms with Gasteiger partial charge in [0.05, 0.1) is 23.4 Å². The summed E-state index contributed by atoms with van der Waals surface area (Å²) in [5, 5.41) is 4.33. The van der Waals surface area contributed by atoms with E-state index >= 15 is 0 Å². The summed E-state index contributed by atoms with van der Waals surface area (Å²) >= 11 is 0. The van der Waals surface area contributed by atoms with Gasteiger partial charge >= 0.3 is 6.18 Å². The van der Waals surface area contributed by atoms with E-state index in [9.17, 15) is 26.7 Å². The van der Waals surface area contributed by atoms with Crippen LogP contribution in [0.25, 0.3) is 0 Å². The number of nitrogens with one attached hydrogen (secondary N) is 2. The number of carbonyl (C=O) groups is 1. The Morgan fingerprint density at radius 3 is 2.45 bits per heavy atom. The molecular formula is C12H13F5N2O. The maximum absolute atomic E-state index is 12.8. The van der Waals surface area contributed by atoms with Gasteiger partial charge < -0.3 is 10.6 Å². The van der Waals surface area contributed by atoms with Crippen LogP contribution in [0.15, 0.2) is 18.2 Å². The number of alkyl halides is 5. The summed E-state index contributed by atoms with van der Waals surface area (Å²) < 4.78 is 62.5. The van der Waals surface area contributed by atoms with Crippen LogP contribution < -0.4 is 10.6 Å². The summed E-state index contributed by atoms with van der Waals surface area (Å²) in [5.41, 5.74) is -1.74. The van der Waals surface area contributed by atoms with Crippen molar-refractivity contribution in [3.8, 4) is 0 Å². The molecule has 20 heavy (non-hydrogen) atoms. The van der Waals surface area contributed by atoms with E-state index in [-0.39, 0.29) is 12.1 Å². The van der Waals surface area contributed by atoms with Gasteiger partial charge in [-0.15, -0.1) is 0 Å². The summed E-state index contributed by atoms with van der Waals surface area (Å²) in [6, 6.07) is 3.02. The maximum Gasteiger partial charge on any atom is 0.418 e. The number of anilines is 1. The largest absolute Gasteiger partial charge is 0.418 e. The number of amides is 1. The molecule has 0 atom stereocenters. The molecule has 1 aromatic carbocycles. The van der Waals surface area contributed by atoms with Crippen LogP contribution in [0.2, 0.25) is 0 Å². The Hall–Kier alpha value is -1.86. The highest BCUT2D eigenvalue weighted by molar-refractivity contribution is 6.00. The first-order valence-electron chi connectivity index (χ1n) is 5.77. The third kappa shape index (κ3) is 4.07. The van der Waals surface area contributed by atoms with Gasteiger partial charge in [-0.1, -0.05) is 6.07 Å². The molecule has 1 aromatic rings. The van der Waals surface area contributed by atoms with Crippen molar-refractivity contribution in [1.29, 1.82) is 0 Å². The lowest BCUT2D eigenvalue weighted by atomic mass is 10.1. The Morgan fingerprint density at radius 2 is 1.95 bits per heavy atom. The first-order chi connectivity index (χ1) is 9.27. The van der Waals surface area contributed by atoms with Crippen molar-refractivity contribution in [3.63, 3.8) is 0 Å². The first-order valence-corrected chi connectivity index (χ1v) is 5.77. The summed E-state index contributed by atoms with van der Waals surface area (Å²) in [4.78, 5) is 11.7. The van der Waals surface area contributed by atoms with E-state index in [1.165, 1.54) is 0 Å². The molecule has 0 aliphatic rings. The molecule has 0 unspecified atom stereocenters. The second-order valence-electron chi connectivity index (χ2n) is 3.86. The van der Waals surface area contributed by atoms with Crippen LogP contribution >= 0.6 is 0 Å². The molecule has 1 amide bonds. The third-order valence-electron chi connectivity index (χ3n) is 2.38. The van der Waals surface area contributed by atoms with Gasteiger partial charge in [0, 0.05) is 6.54 Å². The van der Waals surface area contributed by atoms with Gasteiger partial charge in [0.2, 0.25) is 0 Å². The number of benzene rings is 1. The Balaban J connectivity index is 3.15. The quantitative estimate of drug-likeness (QED) is 0.820. The Morgan fingerprint density at radius 1 is 1.30 bits per heavy atom. The second kappa shape index (κ2) is 6.53. The van der Waals surface area contributed by atoms with Crippen molar-refractivity contribution >= 4 is 11.6 Å². The molecule has 0 saturated heterocycles. The van der Waals surface area contributed by atoms with E-state index < -0.39 is 36.3 Å². The highest BCUT2D eigenvalue weighted by Crippen LogP contribution is 2.36. The number of halogens is 5. The van der Waals surface area contributed by atoms with Crippen LogP contribution in [0.1, 0.15) is 22.8 Å². The molecule has 1 rings (SSSR count). The minimum Gasteiger partial charge on any atom is -0.384 e. The summed E-state index contributed by atoms with van der Waals surface area (Å²) in [5.74, 6) is -0.979. The minimum atomic E-state index is -4.64. The zero-order valence-electron chi connectivity index (χ0n) is 10.5. The van der Waals surface area contributed by atoms with E-state index in [1.807, 2.05) is 5.32 Å². The fourth-order valence-corrected chi connectivity index (χ4v) is 1.61. The molecule has 0 saturated carbocycles. The van der Waals surface area contributed by atoms with Crippen molar-refractivity contribution in [2.45, 2.75) is 19.5 Å². The average molecular weight is 296 g/mol. The summed E-state index contributed by atoms with van der Waals surface area (Å²) in [6.45, 7) is 0.802. The zero-order chi connectivity index (χ0) is 15.3. The normalized spacial score (nSPS) is 11.6. The van der Waals surface area contributed by atoms with Crippen molar-refractivity contribution in [3.05, 3.63) is 29.3 Å². The predicted octanol–water partition coefficient (Wildman–Crippen LogP) is 3.13. The van der Waals surface area contributed by atoms with Gasteiger partial charge in [-0.3, -0.25) is 4.79 Å². The predicted molar refractivity (Wildman–Crippen MR) is 63.9 cm³/mol. The van der Waals surface area contributed by atoms with Gasteiger partial charge in [0.15, 0.2) is 0 Å². The van der Waals surface area contributed by atoms with Gasteiger partial charge in [-0.05, 0) is 19.1 Å². The lowest BCUT2D eigenvalue weighted by Gasteiger charge is -2.17. The number of rotatable bonds is 5. The Bertz CT molecular complexity index is 473. The lowest BCUT2D eigenvalue weighted by molar-refractivity contribution is -0.137. The molecule has 0 fully saturated rings. The van der Waals surface area contributed by atoms with Crippen LogP contribution in [-0.4, -0.2) is 25.4 Å². The fraction of sp³-hybridized carbons (Fsp3) is 0.417. The molecule has 0 aromatic heterocycles. The van der Waals surface area contributed by atoms with Gasteiger partial charge in [0.1, 0.15) is 0 Å². The van der Waals surface area contributed by atoms with Crippen LogP contribution in [0, 0.1) is 0 Å². The van der Waals surface area contributed by atoms with Crippen molar-refractivity contribution < 1.29 is 26.7 Å². The second-order valence-corrected chi connectivity index (χ2v) is 3.86. The highest BCUT2D eigenvalue weighted by Gasteiger charge is 2.35. The highest BCUT2D eigenvalue weighted by atomic mass is 19.4. The van der Waals surface area contributed by atoms with Crippen LogP contribution in [0.4, 0.5) is 27.6 Å². The van der Waals surface area contributed by atoms with Gasteiger partial charge in [-0.2, -0.15) is 13.2 Å². The smallest absolute Gasteiger partial charge is 0.384 e. The average Bonchev–Trinajstić information content (AvgIpc) is 2.35. The molecule has 0 aliphatic heterocycles. The number of hydrogen-bond donors (Lipinski definition) is 2. The molecule has 8 heteroatoms. The van der Waals surface area contributed by atoms with E-state index in [0.717, 1.165) is 18.2 Å². The van der Waals surface area contributed by atoms with Crippen LogP contribution in [0.3, 0.4) is 0 Å². The molecule has 112 valence electrons. The van der Waals surface area contributed by atoms with E-state index in [1.54, 1.807) is 6.92 Å². The number of carbonyl (C=O) groups excluding carboxylic acids is 1. The monoisotopic (exact) mass is 296 g/mol. The van der Waals surface area contributed by atoms with Crippen molar-refractivity contribution in [1.82, 2.24) is 5.32 Å². The Labute approximate surface area is 112 Å². The molecule has 0 bridgehead atoms. The van der Waals surface area contributed by atoms with E-state index in [4.69, 9.17) is 0 Å². The molecule has 2 N–H and O–H groups in total. The topological polar surface area (TPSA) is 41.1 Å². The molecular weight excluding hydrogens is 283 g/mol. The molecule has 0 radical (unpaired) electrons. The third-order valence-corrected chi connectivity index (χ3v) is 2.38. The van der Waals surface area contributed by atoms with Crippen molar-refractivity contribution in [2.75, 3.05) is 18.4 Å². The minimum absolute atomic E-state index is 0.155. The summed E-state index contributed by atoms with van der Waals surface area (Å²) in [7, 11) is 0. The van der Waals surface area contributed by atoms with E-state index in [2.05, 4.69) is 5.32 Å². The van der Waals surface area contributed by atoms with Crippen LogP contribution in [-0.2, 0) is 6.18 Å².